The van der Waals surface area contributed by atoms with Crippen LogP contribution in [0.15, 0.2) is 52.0 Å². The Kier molecular flexibility index (Phi) is 6.19. The number of hydrogen-bond donors (Lipinski definition) is 1. The Bertz CT molecular complexity index is 1200. The summed E-state index contributed by atoms with van der Waals surface area (Å²) >= 11 is 14.1. The maximum absolute atomic E-state index is 13.1. The molecule has 10 heteroatoms. The molecule has 0 spiro atoms. The number of nitrogens with zero attached hydrogens (tertiary/aromatic N) is 1. The molecule has 1 aromatic carbocycles. The van der Waals surface area contributed by atoms with E-state index in [4.69, 9.17) is 37.1 Å². The number of furan rings is 1. The van der Waals surface area contributed by atoms with Gasteiger partial charge in [0.1, 0.15) is 22.6 Å². The van der Waals surface area contributed by atoms with Gasteiger partial charge in [-0.3, -0.25) is 9.59 Å². The van der Waals surface area contributed by atoms with Crippen molar-refractivity contribution in [3.05, 3.63) is 73.8 Å². The highest BCUT2D eigenvalue weighted by Crippen LogP contribution is 2.47. The fourth-order valence-corrected chi connectivity index (χ4v) is 5.04. The van der Waals surface area contributed by atoms with Gasteiger partial charge in [-0.05, 0) is 29.6 Å². The fraction of sp³-hybridized carbons (Fsp3) is 0.182. The normalized spacial score (nSPS) is 17.8. The second-order valence-corrected chi connectivity index (χ2v) is 8.63. The average molecular weight is 494 g/mol. The second kappa shape index (κ2) is 8.90. The van der Waals surface area contributed by atoms with Crippen molar-refractivity contribution < 1.29 is 28.6 Å². The minimum atomic E-state index is -0.948. The van der Waals surface area contributed by atoms with Crippen LogP contribution in [-0.4, -0.2) is 35.9 Å². The van der Waals surface area contributed by atoms with E-state index in [1.807, 2.05) is 17.5 Å². The lowest BCUT2D eigenvalue weighted by Crippen LogP contribution is -2.28. The topological polar surface area (TPSA) is 89.2 Å². The summed E-state index contributed by atoms with van der Waals surface area (Å²) in [7, 11) is 2.74. The van der Waals surface area contributed by atoms with Crippen LogP contribution in [-0.2, 0) is 16.1 Å². The Morgan fingerprint density at radius 2 is 1.94 bits per heavy atom. The van der Waals surface area contributed by atoms with Crippen molar-refractivity contribution in [3.63, 3.8) is 0 Å². The van der Waals surface area contributed by atoms with Crippen molar-refractivity contribution >= 4 is 52.0 Å². The van der Waals surface area contributed by atoms with Gasteiger partial charge in [0.15, 0.2) is 11.5 Å². The lowest BCUT2D eigenvalue weighted by molar-refractivity contribution is -0.140. The van der Waals surface area contributed by atoms with Gasteiger partial charge in [-0.1, -0.05) is 29.3 Å². The number of aliphatic hydroxyl groups excluding tert-OH is 1. The number of Topliss-reactive ketones (excluding diaryl/α,β-unsaturated/α-hetero) is 1. The third-order valence-electron chi connectivity index (χ3n) is 5.05. The number of hydrogen-bond acceptors (Lipinski definition) is 7. The van der Waals surface area contributed by atoms with E-state index in [0.717, 1.165) is 4.88 Å². The molecule has 2 aromatic heterocycles. The van der Waals surface area contributed by atoms with E-state index in [1.54, 1.807) is 12.1 Å². The first-order chi connectivity index (χ1) is 15.4. The lowest BCUT2D eigenvalue weighted by atomic mass is 9.98. The molecule has 1 N–H and O–H groups in total. The summed E-state index contributed by atoms with van der Waals surface area (Å²) in [4.78, 5) is 28.3. The molecule has 1 amide bonds. The SMILES string of the molecule is COc1c(Cl)cc(/C(O)=C2/C(=O)C(=O)N(Cc3cccs3)C2c2ccco2)c(OC)c1Cl. The van der Waals surface area contributed by atoms with Gasteiger partial charge < -0.3 is 23.9 Å². The zero-order valence-corrected chi connectivity index (χ0v) is 19.3. The van der Waals surface area contributed by atoms with Gasteiger partial charge in [-0.2, -0.15) is 0 Å². The summed E-state index contributed by atoms with van der Waals surface area (Å²) in [5.74, 6) is -1.57. The van der Waals surface area contributed by atoms with Crippen molar-refractivity contribution in [2.45, 2.75) is 12.6 Å². The van der Waals surface area contributed by atoms with Crippen LogP contribution in [0.2, 0.25) is 10.0 Å². The van der Waals surface area contributed by atoms with E-state index in [0.29, 0.717) is 5.76 Å². The molecule has 7 nitrogen and oxygen atoms in total. The summed E-state index contributed by atoms with van der Waals surface area (Å²) in [5.41, 5.74) is -0.105. The van der Waals surface area contributed by atoms with Crippen molar-refractivity contribution in [2.75, 3.05) is 14.2 Å². The molecule has 1 fully saturated rings. The zero-order chi connectivity index (χ0) is 23.0. The molecule has 1 saturated heterocycles. The van der Waals surface area contributed by atoms with Gasteiger partial charge >= 0.3 is 0 Å². The van der Waals surface area contributed by atoms with Crippen molar-refractivity contribution in [1.29, 1.82) is 0 Å². The number of rotatable bonds is 6. The van der Waals surface area contributed by atoms with Crippen molar-refractivity contribution in [2.24, 2.45) is 0 Å². The molecule has 1 aliphatic rings. The number of carbonyl (C=O) groups excluding carboxylic acids is 2. The van der Waals surface area contributed by atoms with Crippen LogP contribution in [0.5, 0.6) is 11.5 Å². The number of halogens is 2. The average Bonchev–Trinajstić information content (AvgIpc) is 3.52. The molecule has 0 aliphatic carbocycles. The zero-order valence-electron chi connectivity index (χ0n) is 16.9. The molecule has 1 atom stereocenters. The van der Waals surface area contributed by atoms with Crippen LogP contribution in [0.4, 0.5) is 0 Å². The highest BCUT2D eigenvalue weighted by atomic mass is 35.5. The Morgan fingerprint density at radius 1 is 1.19 bits per heavy atom. The number of amides is 1. The molecule has 4 rings (SSSR count). The van der Waals surface area contributed by atoms with Gasteiger partial charge in [-0.25, -0.2) is 0 Å². The lowest BCUT2D eigenvalue weighted by Gasteiger charge is -2.23. The quantitative estimate of drug-likeness (QED) is 0.285. The number of ketones is 1. The minimum Gasteiger partial charge on any atom is -0.507 e. The van der Waals surface area contributed by atoms with Crippen LogP contribution >= 0.6 is 34.5 Å². The minimum absolute atomic E-state index is 0.0198. The van der Waals surface area contributed by atoms with Crippen LogP contribution in [0.25, 0.3) is 5.76 Å². The number of carbonyl (C=O) groups is 2. The largest absolute Gasteiger partial charge is 0.507 e. The van der Waals surface area contributed by atoms with E-state index in [9.17, 15) is 14.7 Å². The molecule has 3 aromatic rings. The van der Waals surface area contributed by atoms with Gasteiger partial charge in [-0.15, -0.1) is 11.3 Å². The highest BCUT2D eigenvalue weighted by molar-refractivity contribution is 7.09. The van der Waals surface area contributed by atoms with Gasteiger partial charge in [0.2, 0.25) is 0 Å². The molecular formula is C22H17Cl2NO6S. The molecular weight excluding hydrogens is 477 g/mol. The number of aliphatic hydroxyl groups is 1. The van der Waals surface area contributed by atoms with Gasteiger partial charge in [0.25, 0.3) is 11.7 Å². The molecule has 0 radical (unpaired) electrons. The number of thiophene rings is 1. The van der Waals surface area contributed by atoms with Gasteiger partial charge in [0.05, 0.1) is 43.2 Å². The molecule has 166 valence electrons. The summed E-state index contributed by atoms with van der Waals surface area (Å²) in [5, 5.41) is 13.2. The third-order valence-corrected chi connectivity index (χ3v) is 6.54. The Hall–Kier alpha value is -2.94. The molecule has 1 aliphatic heterocycles. The first kappa shape index (κ1) is 22.3. The van der Waals surface area contributed by atoms with Crippen LogP contribution < -0.4 is 9.47 Å². The molecule has 1 unspecified atom stereocenters. The van der Waals surface area contributed by atoms with Crippen molar-refractivity contribution in [3.8, 4) is 11.5 Å². The van der Waals surface area contributed by atoms with E-state index < -0.39 is 23.5 Å². The van der Waals surface area contributed by atoms with E-state index in [-0.39, 0.29) is 39.2 Å². The maximum Gasteiger partial charge on any atom is 0.296 e. The second-order valence-electron chi connectivity index (χ2n) is 6.81. The van der Waals surface area contributed by atoms with E-state index in [2.05, 4.69) is 0 Å². The van der Waals surface area contributed by atoms with Crippen LogP contribution in [0.3, 0.4) is 0 Å². The predicted octanol–water partition coefficient (Wildman–Crippen LogP) is 5.29. The highest BCUT2D eigenvalue weighted by Gasteiger charge is 2.48. The summed E-state index contributed by atoms with van der Waals surface area (Å²) in [6.07, 6.45) is 1.43. The maximum atomic E-state index is 13.1. The summed E-state index contributed by atoms with van der Waals surface area (Å²) in [6.45, 7) is 0.172. The van der Waals surface area contributed by atoms with E-state index in [1.165, 1.54) is 42.8 Å². The summed E-state index contributed by atoms with van der Waals surface area (Å²) < 4.78 is 16.1. The van der Waals surface area contributed by atoms with Crippen LogP contribution in [0, 0.1) is 0 Å². The standard InChI is InChI=1S/C22H17Cl2NO6S/c1-29-20-12(9-13(23)21(30-2)16(20)24)18(26)15-17(14-6-3-7-31-14)25(22(28)19(15)27)10-11-5-4-8-32-11/h3-9,17,26H,10H2,1-2H3/b18-15-. The van der Waals surface area contributed by atoms with Gasteiger partial charge in [0, 0.05) is 4.88 Å². The first-order valence-electron chi connectivity index (χ1n) is 9.33. The Balaban J connectivity index is 1.92. The first-order valence-corrected chi connectivity index (χ1v) is 11.0. The number of benzene rings is 1. The molecule has 32 heavy (non-hydrogen) atoms. The number of ether oxygens (including phenoxy) is 2. The third kappa shape index (κ3) is 3.64. The Morgan fingerprint density at radius 3 is 2.53 bits per heavy atom. The van der Waals surface area contributed by atoms with Crippen molar-refractivity contribution in [1.82, 2.24) is 4.90 Å². The fourth-order valence-electron chi connectivity index (χ4n) is 3.65. The molecule has 0 bridgehead atoms. The van der Waals surface area contributed by atoms with Crippen LogP contribution in [0.1, 0.15) is 22.2 Å². The molecule has 0 saturated carbocycles. The number of likely N-dealkylation sites (tertiary alicyclic amines) is 1. The monoisotopic (exact) mass is 493 g/mol. The van der Waals surface area contributed by atoms with E-state index >= 15 is 0 Å². The smallest absolute Gasteiger partial charge is 0.296 e. The molecule has 3 heterocycles. The summed E-state index contributed by atoms with van der Waals surface area (Å²) in [6, 6.07) is 7.40. The predicted molar refractivity (Wildman–Crippen MR) is 120 cm³/mol. The Labute approximate surface area is 197 Å². The number of methoxy groups -OCH3 is 2.